The van der Waals surface area contributed by atoms with E-state index in [-0.39, 0.29) is 10.6 Å². The number of carboxylic acids is 1. The number of hydrogen-bond acceptors (Lipinski definition) is 4. The second kappa shape index (κ2) is 4.24. The molecule has 7 heteroatoms. The quantitative estimate of drug-likeness (QED) is 0.604. The molecule has 0 saturated heterocycles. The van der Waals surface area contributed by atoms with Crippen molar-refractivity contribution in [3.8, 4) is 0 Å². The predicted molar refractivity (Wildman–Crippen MR) is 50.7 cm³/mol. The van der Waals surface area contributed by atoms with Crippen LogP contribution in [0, 0.1) is 10.1 Å². The molecule has 1 aromatic carbocycles. The molecule has 2 N–H and O–H groups in total. The normalized spacial score (nSPS) is 12.1. The Morgan fingerprint density at radius 2 is 2.13 bits per heavy atom. The first-order valence-electron chi connectivity index (χ1n) is 3.78. The second-order valence-electron chi connectivity index (χ2n) is 2.71. The molecule has 1 atom stereocenters. The van der Waals surface area contributed by atoms with E-state index >= 15 is 0 Å². The number of aliphatic hydroxyl groups excluding tert-OH is 1. The van der Waals surface area contributed by atoms with Gasteiger partial charge in [-0.3, -0.25) is 10.1 Å². The molecule has 0 aliphatic heterocycles. The van der Waals surface area contributed by atoms with Crippen LogP contribution in [0.4, 0.5) is 5.69 Å². The molecule has 0 fully saturated rings. The standard InChI is InChI=1S/C8H6ClNO5/c9-5-2-1-4(7(11)8(12)13)3-6(5)10(14)15/h1-3,7,11H,(H,12,13). The molecule has 0 saturated carbocycles. The lowest BCUT2D eigenvalue weighted by atomic mass is 10.1. The Hall–Kier alpha value is -1.66. The fourth-order valence-corrected chi connectivity index (χ4v) is 1.17. The van der Waals surface area contributed by atoms with E-state index in [9.17, 15) is 14.9 Å². The molecule has 0 spiro atoms. The Morgan fingerprint density at radius 3 is 2.60 bits per heavy atom. The molecule has 80 valence electrons. The number of nitro benzene ring substituents is 1. The van der Waals surface area contributed by atoms with Gasteiger partial charge in [0, 0.05) is 6.07 Å². The van der Waals surface area contributed by atoms with Gasteiger partial charge in [-0.25, -0.2) is 4.79 Å². The van der Waals surface area contributed by atoms with Crippen molar-refractivity contribution in [1.29, 1.82) is 0 Å². The molecular weight excluding hydrogens is 226 g/mol. The average molecular weight is 232 g/mol. The fraction of sp³-hybridized carbons (Fsp3) is 0.125. The second-order valence-corrected chi connectivity index (χ2v) is 3.12. The van der Waals surface area contributed by atoms with Crippen molar-refractivity contribution in [3.63, 3.8) is 0 Å². The molecule has 0 bridgehead atoms. The van der Waals surface area contributed by atoms with Gasteiger partial charge in [0.05, 0.1) is 4.92 Å². The van der Waals surface area contributed by atoms with Crippen LogP contribution < -0.4 is 0 Å². The van der Waals surface area contributed by atoms with Gasteiger partial charge in [-0.15, -0.1) is 0 Å². The lowest BCUT2D eigenvalue weighted by molar-refractivity contribution is -0.384. The van der Waals surface area contributed by atoms with Crippen molar-refractivity contribution in [3.05, 3.63) is 38.9 Å². The SMILES string of the molecule is O=C(O)C(O)c1ccc(Cl)c([N+](=O)[O-])c1. The number of hydrogen-bond donors (Lipinski definition) is 2. The minimum atomic E-state index is -1.79. The van der Waals surface area contributed by atoms with Crippen LogP contribution in [0.3, 0.4) is 0 Å². The van der Waals surface area contributed by atoms with E-state index in [4.69, 9.17) is 21.8 Å². The molecule has 6 nitrogen and oxygen atoms in total. The van der Waals surface area contributed by atoms with Crippen LogP contribution in [0.2, 0.25) is 5.02 Å². The van der Waals surface area contributed by atoms with Gasteiger partial charge in [-0.2, -0.15) is 0 Å². The van der Waals surface area contributed by atoms with Gasteiger partial charge in [-0.1, -0.05) is 17.7 Å². The van der Waals surface area contributed by atoms with Gasteiger partial charge in [0.1, 0.15) is 5.02 Å². The van der Waals surface area contributed by atoms with E-state index in [1.807, 2.05) is 0 Å². The van der Waals surface area contributed by atoms with Crippen molar-refractivity contribution in [2.24, 2.45) is 0 Å². The van der Waals surface area contributed by atoms with E-state index in [0.29, 0.717) is 0 Å². The molecule has 0 amide bonds. The van der Waals surface area contributed by atoms with Crippen LogP contribution in [0.25, 0.3) is 0 Å². The topological polar surface area (TPSA) is 101 Å². The number of carbonyl (C=O) groups is 1. The Balaban J connectivity index is 3.18. The lowest BCUT2D eigenvalue weighted by Crippen LogP contribution is -2.10. The van der Waals surface area contributed by atoms with Crippen LogP contribution in [0.5, 0.6) is 0 Å². The van der Waals surface area contributed by atoms with Gasteiger partial charge in [0.2, 0.25) is 0 Å². The highest BCUT2D eigenvalue weighted by Gasteiger charge is 2.20. The van der Waals surface area contributed by atoms with Gasteiger partial charge in [0.15, 0.2) is 6.10 Å². The third-order valence-corrected chi connectivity index (χ3v) is 2.04. The largest absolute Gasteiger partial charge is 0.479 e. The fourth-order valence-electron chi connectivity index (χ4n) is 0.982. The molecule has 0 aliphatic carbocycles. The Morgan fingerprint density at radius 1 is 1.53 bits per heavy atom. The zero-order valence-corrected chi connectivity index (χ0v) is 8.01. The maximum absolute atomic E-state index is 10.5. The summed E-state index contributed by atoms with van der Waals surface area (Å²) in [6, 6.07) is 3.32. The third-order valence-electron chi connectivity index (χ3n) is 1.72. The first kappa shape index (κ1) is 11.4. The molecule has 0 aromatic heterocycles. The maximum Gasteiger partial charge on any atom is 0.337 e. The number of halogens is 1. The van der Waals surface area contributed by atoms with E-state index in [1.54, 1.807) is 0 Å². The average Bonchev–Trinajstić information content (AvgIpc) is 2.16. The Bertz CT molecular complexity index is 419. The molecular formula is C8H6ClNO5. The van der Waals surface area contributed by atoms with Crippen molar-refractivity contribution in [1.82, 2.24) is 0 Å². The smallest absolute Gasteiger partial charge is 0.337 e. The van der Waals surface area contributed by atoms with E-state index in [2.05, 4.69) is 0 Å². The number of carboxylic acid groups (broad SMARTS) is 1. The van der Waals surface area contributed by atoms with E-state index in [1.165, 1.54) is 12.1 Å². The van der Waals surface area contributed by atoms with Crippen molar-refractivity contribution < 1.29 is 19.9 Å². The van der Waals surface area contributed by atoms with Crippen molar-refractivity contribution >= 4 is 23.3 Å². The molecule has 0 heterocycles. The summed E-state index contributed by atoms with van der Waals surface area (Å²) in [6.45, 7) is 0. The summed E-state index contributed by atoms with van der Waals surface area (Å²) in [4.78, 5) is 20.1. The monoisotopic (exact) mass is 231 g/mol. The minimum absolute atomic E-state index is 0.0846. The molecule has 1 aromatic rings. The molecule has 1 rings (SSSR count). The summed E-state index contributed by atoms with van der Waals surface area (Å²) in [7, 11) is 0. The number of aliphatic hydroxyl groups is 1. The van der Waals surface area contributed by atoms with Crippen LogP contribution in [-0.4, -0.2) is 21.1 Å². The minimum Gasteiger partial charge on any atom is -0.479 e. The molecule has 15 heavy (non-hydrogen) atoms. The third kappa shape index (κ3) is 2.42. The first-order valence-corrected chi connectivity index (χ1v) is 4.16. The highest BCUT2D eigenvalue weighted by molar-refractivity contribution is 6.32. The van der Waals surface area contributed by atoms with Crippen molar-refractivity contribution in [2.75, 3.05) is 0 Å². The highest BCUT2D eigenvalue weighted by Crippen LogP contribution is 2.27. The molecule has 0 aliphatic rings. The molecule has 1 unspecified atom stereocenters. The number of benzene rings is 1. The van der Waals surface area contributed by atoms with Gasteiger partial charge >= 0.3 is 5.97 Å². The zero-order chi connectivity index (χ0) is 11.6. The van der Waals surface area contributed by atoms with Crippen LogP contribution in [0.15, 0.2) is 18.2 Å². The summed E-state index contributed by atoms with van der Waals surface area (Å²) in [5.74, 6) is -1.48. The summed E-state index contributed by atoms with van der Waals surface area (Å²) >= 11 is 5.50. The molecule has 0 radical (unpaired) electrons. The van der Waals surface area contributed by atoms with E-state index < -0.39 is 22.7 Å². The Kier molecular flexibility index (Phi) is 3.23. The number of nitrogens with zero attached hydrogens (tertiary/aromatic N) is 1. The number of nitro groups is 1. The Labute approximate surface area is 88.9 Å². The van der Waals surface area contributed by atoms with Gasteiger partial charge in [-0.05, 0) is 11.6 Å². The summed E-state index contributed by atoms with van der Waals surface area (Å²) < 4.78 is 0. The number of rotatable bonds is 3. The van der Waals surface area contributed by atoms with Crippen molar-refractivity contribution in [2.45, 2.75) is 6.10 Å². The number of aliphatic carboxylic acids is 1. The van der Waals surface area contributed by atoms with E-state index in [0.717, 1.165) is 6.07 Å². The van der Waals surface area contributed by atoms with Crippen LogP contribution >= 0.6 is 11.6 Å². The van der Waals surface area contributed by atoms with Crippen LogP contribution in [0.1, 0.15) is 11.7 Å². The van der Waals surface area contributed by atoms with Crippen LogP contribution in [-0.2, 0) is 4.79 Å². The van der Waals surface area contributed by atoms with Gasteiger partial charge in [0.25, 0.3) is 5.69 Å². The predicted octanol–water partition coefficient (Wildman–Crippen LogP) is 1.37. The lowest BCUT2D eigenvalue weighted by Gasteiger charge is -2.05. The summed E-state index contributed by atoms with van der Waals surface area (Å²) in [5, 5.41) is 28.0. The highest BCUT2D eigenvalue weighted by atomic mass is 35.5. The maximum atomic E-state index is 10.5. The summed E-state index contributed by atoms with van der Waals surface area (Å²) in [5.41, 5.74) is -0.520. The van der Waals surface area contributed by atoms with Gasteiger partial charge < -0.3 is 10.2 Å². The summed E-state index contributed by atoms with van der Waals surface area (Å²) in [6.07, 6.45) is -1.79. The first-order chi connectivity index (χ1) is 6.93. The zero-order valence-electron chi connectivity index (χ0n) is 7.25.